The molecule has 0 aliphatic carbocycles. The summed E-state index contributed by atoms with van der Waals surface area (Å²) in [6, 6.07) is 9.21. The molecule has 0 saturated heterocycles. The molecule has 0 fully saturated rings. The second-order valence-corrected chi connectivity index (χ2v) is 3.76. The van der Waals surface area contributed by atoms with Gasteiger partial charge in [0.25, 0.3) is 11.8 Å². The van der Waals surface area contributed by atoms with Crippen molar-refractivity contribution in [2.24, 2.45) is 0 Å². The molecule has 18 heavy (non-hydrogen) atoms. The molecule has 0 bridgehead atoms. The zero-order valence-electron chi connectivity index (χ0n) is 10.4. The van der Waals surface area contributed by atoms with Gasteiger partial charge in [-0.15, -0.1) is 0 Å². The normalized spacial score (nSPS) is 10.1. The van der Waals surface area contributed by atoms with Crippen LogP contribution in [0, 0.1) is 11.3 Å². The fourth-order valence-electron chi connectivity index (χ4n) is 1.69. The summed E-state index contributed by atoms with van der Waals surface area (Å²) in [4.78, 5) is 6.34. The summed E-state index contributed by atoms with van der Waals surface area (Å²) in [5.74, 6) is 1.02. The van der Waals surface area contributed by atoms with Crippen LogP contribution in [0.5, 0.6) is 0 Å². The Hall–Kier alpha value is -2.35. The van der Waals surface area contributed by atoms with Crippen LogP contribution in [-0.4, -0.2) is 23.2 Å². The highest BCUT2D eigenvalue weighted by Gasteiger charge is 2.12. The van der Waals surface area contributed by atoms with Gasteiger partial charge in [-0.3, -0.25) is 0 Å². The molecule has 2 rings (SSSR count). The lowest BCUT2D eigenvalue weighted by Crippen LogP contribution is -2.22. The lowest BCUT2D eigenvalue weighted by molar-refractivity contribution is 0.429. The molecule has 5 heteroatoms. The molecule has 5 nitrogen and oxygen atoms in total. The topological polar surface area (TPSA) is 66.0 Å². The van der Waals surface area contributed by atoms with Gasteiger partial charge in [0.1, 0.15) is 0 Å². The molecule has 1 aromatic heterocycles. The minimum Gasteiger partial charge on any atom is -0.339 e. The highest BCUT2D eigenvalue weighted by Crippen LogP contribution is 2.20. The van der Waals surface area contributed by atoms with Crippen LogP contribution < -0.4 is 4.90 Å². The van der Waals surface area contributed by atoms with Gasteiger partial charge in [0.15, 0.2) is 0 Å². The van der Waals surface area contributed by atoms with Crippen molar-refractivity contribution >= 4 is 5.95 Å². The molecule has 0 aliphatic rings. The Kier molecular flexibility index (Phi) is 3.58. The molecule has 0 saturated carbocycles. The number of anilines is 1. The van der Waals surface area contributed by atoms with E-state index in [0.717, 1.165) is 18.7 Å². The summed E-state index contributed by atoms with van der Waals surface area (Å²) >= 11 is 0. The molecular weight excluding hydrogens is 228 g/mol. The van der Waals surface area contributed by atoms with Crippen molar-refractivity contribution in [2.75, 3.05) is 18.0 Å². The maximum absolute atomic E-state index is 8.85. The van der Waals surface area contributed by atoms with Gasteiger partial charge in [-0.05, 0) is 37.2 Å². The minimum atomic E-state index is 0.439. The Morgan fingerprint density at radius 1 is 1.33 bits per heavy atom. The largest absolute Gasteiger partial charge is 0.339 e. The maximum atomic E-state index is 8.85. The van der Waals surface area contributed by atoms with E-state index in [4.69, 9.17) is 9.78 Å². The van der Waals surface area contributed by atoms with E-state index in [9.17, 15) is 0 Å². The van der Waals surface area contributed by atoms with Crippen molar-refractivity contribution in [3.05, 3.63) is 29.8 Å². The summed E-state index contributed by atoms with van der Waals surface area (Å²) in [5.41, 5.74) is 1.34. The van der Waals surface area contributed by atoms with Crippen LogP contribution in [0.15, 0.2) is 28.8 Å². The number of aromatic nitrogens is 2. The van der Waals surface area contributed by atoms with E-state index in [0.29, 0.717) is 17.4 Å². The van der Waals surface area contributed by atoms with E-state index >= 15 is 0 Å². The summed E-state index contributed by atoms with van der Waals surface area (Å²) in [7, 11) is 0. The van der Waals surface area contributed by atoms with Crippen molar-refractivity contribution in [3.63, 3.8) is 0 Å². The van der Waals surface area contributed by atoms with Crippen molar-refractivity contribution in [2.45, 2.75) is 13.8 Å². The standard InChI is InChI=1S/C13H14N4O/c1-3-17(4-2)13-15-12(18-16-13)11-7-5-6-10(8-11)9-14/h5-8H,3-4H2,1-2H3. The quantitative estimate of drug-likeness (QED) is 0.823. The molecule has 0 aliphatic heterocycles. The van der Waals surface area contributed by atoms with E-state index in [1.165, 1.54) is 0 Å². The fourth-order valence-corrected chi connectivity index (χ4v) is 1.69. The Morgan fingerprint density at radius 3 is 2.78 bits per heavy atom. The van der Waals surface area contributed by atoms with Crippen LogP contribution in [0.1, 0.15) is 19.4 Å². The van der Waals surface area contributed by atoms with Gasteiger partial charge in [-0.1, -0.05) is 6.07 Å². The summed E-state index contributed by atoms with van der Waals surface area (Å²) in [5, 5.41) is 12.8. The van der Waals surface area contributed by atoms with Crippen LogP contribution in [0.4, 0.5) is 5.95 Å². The van der Waals surface area contributed by atoms with Crippen molar-refractivity contribution in [1.29, 1.82) is 5.26 Å². The van der Waals surface area contributed by atoms with Crippen molar-refractivity contribution in [1.82, 2.24) is 10.1 Å². The van der Waals surface area contributed by atoms with E-state index in [1.54, 1.807) is 18.2 Å². The molecule has 0 spiro atoms. The Labute approximate surface area is 106 Å². The van der Waals surface area contributed by atoms with Crippen molar-refractivity contribution in [3.8, 4) is 17.5 Å². The Bertz CT molecular complexity index is 566. The van der Waals surface area contributed by atoms with Gasteiger partial charge in [0, 0.05) is 18.7 Å². The average Bonchev–Trinajstić information content (AvgIpc) is 2.90. The van der Waals surface area contributed by atoms with Gasteiger partial charge in [0.05, 0.1) is 11.6 Å². The number of rotatable bonds is 4. The molecule has 2 aromatic rings. The third-order valence-electron chi connectivity index (χ3n) is 2.70. The predicted octanol–water partition coefficient (Wildman–Crippen LogP) is 2.45. The highest BCUT2D eigenvalue weighted by atomic mass is 16.5. The van der Waals surface area contributed by atoms with E-state index in [2.05, 4.69) is 16.2 Å². The fraction of sp³-hybridized carbons (Fsp3) is 0.308. The molecule has 0 radical (unpaired) electrons. The monoisotopic (exact) mass is 242 g/mol. The third-order valence-corrected chi connectivity index (χ3v) is 2.70. The Morgan fingerprint density at radius 2 is 2.11 bits per heavy atom. The summed E-state index contributed by atoms with van der Waals surface area (Å²) in [6.07, 6.45) is 0. The van der Waals surface area contributed by atoms with Crippen LogP contribution in [0.3, 0.4) is 0 Å². The first-order valence-corrected chi connectivity index (χ1v) is 5.87. The van der Waals surface area contributed by atoms with E-state index in [-0.39, 0.29) is 0 Å². The van der Waals surface area contributed by atoms with Crippen molar-refractivity contribution < 1.29 is 4.52 Å². The minimum absolute atomic E-state index is 0.439. The lowest BCUT2D eigenvalue weighted by atomic mass is 10.1. The predicted molar refractivity (Wildman–Crippen MR) is 68.0 cm³/mol. The first-order chi connectivity index (χ1) is 8.78. The zero-order chi connectivity index (χ0) is 13.0. The smallest absolute Gasteiger partial charge is 0.266 e. The van der Waals surface area contributed by atoms with Gasteiger partial charge < -0.3 is 9.42 Å². The van der Waals surface area contributed by atoms with Gasteiger partial charge in [-0.2, -0.15) is 10.2 Å². The second kappa shape index (κ2) is 5.32. The molecule has 92 valence electrons. The van der Waals surface area contributed by atoms with Crippen LogP contribution in [-0.2, 0) is 0 Å². The Balaban J connectivity index is 2.32. The lowest BCUT2D eigenvalue weighted by Gasteiger charge is -2.14. The SMILES string of the molecule is CCN(CC)c1noc(-c2cccc(C#N)c2)n1. The molecule has 0 amide bonds. The summed E-state index contributed by atoms with van der Waals surface area (Å²) in [6.45, 7) is 5.73. The van der Waals surface area contributed by atoms with Gasteiger partial charge in [-0.25, -0.2) is 0 Å². The number of hydrogen-bond donors (Lipinski definition) is 0. The maximum Gasteiger partial charge on any atom is 0.266 e. The number of benzene rings is 1. The zero-order valence-corrected chi connectivity index (χ0v) is 10.4. The number of hydrogen-bond acceptors (Lipinski definition) is 5. The molecule has 0 unspecified atom stereocenters. The van der Waals surface area contributed by atoms with Crippen LogP contribution >= 0.6 is 0 Å². The average molecular weight is 242 g/mol. The first kappa shape index (κ1) is 12.1. The molecule has 1 heterocycles. The molecule has 1 aromatic carbocycles. The molecule has 0 N–H and O–H groups in total. The molecular formula is C13H14N4O. The van der Waals surface area contributed by atoms with Crippen LogP contribution in [0.25, 0.3) is 11.5 Å². The molecule has 0 atom stereocenters. The third kappa shape index (κ3) is 2.33. The van der Waals surface area contributed by atoms with E-state index in [1.807, 2.05) is 24.8 Å². The first-order valence-electron chi connectivity index (χ1n) is 5.87. The summed E-state index contributed by atoms with van der Waals surface area (Å²) < 4.78 is 5.22. The second-order valence-electron chi connectivity index (χ2n) is 3.76. The van der Waals surface area contributed by atoms with Gasteiger partial charge >= 0.3 is 0 Å². The van der Waals surface area contributed by atoms with Crippen LogP contribution in [0.2, 0.25) is 0 Å². The van der Waals surface area contributed by atoms with E-state index < -0.39 is 0 Å². The number of nitrogens with zero attached hydrogens (tertiary/aromatic N) is 4. The highest BCUT2D eigenvalue weighted by molar-refractivity contribution is 5.57. The van der Waals surface area contributed by atoms with Gasteiger partial charge in [0.2, 0.25) is 0 Å². The number of nitriles is 1.